The predicted molar refractivity (Wildman–Crippen MR) is 83.1 cm³/mol. The summed E-state index contributed by atoms with van der Waals surface area (Å²) in [5, 5.41) is 4.67. The van der Waals surface area contributed by atoms with Crippen molar-refractivity contribution in [3.63, 3.8) is 0 Å². The summed E-state index contributed by atoms with van der Waals surface area (Å²) in [5.41, 5.74) is 2.92. The lowest BCUT2D eigenvalue weighted by atomic mass is 9.76. The lowest BCUT2D eigenvalue weighted by Gasteiger charge is -2.34. The minimum absolute atomic E-state index is 0.336. The van der Waals surface area contributed by atoms with Gasteiger partial charge in [-0.1, -0.05) is 13.8 Å². The molecule has 0 spiro atoms. The Balaban J connectivity index is 1.88. The summed E-state index contributed by atoms with van der Waals surface area (Å²) in [5.74, 6) is 0. The van der Waals surface area contributed by atoms with Gasteiger partial charge in [0.15, 0.2) is 0 Å². The van der Waals surface area contributed by atoms with Crippen molar-refractivity contribution in [2.24, 2.45) is 5.41 Å². The first-order valence-electron chi connectivity index (χ1n) is 7.12. The summed E-state index contributed by atoms with van der Waals surface area (Å²) >= 11 is 1.87. The Hall–Kier alpha value is -1.26. The number of thiazole rings is 1. The second-order valence-corrected chi connectivity index (χ2v) is 7.45. The van der Waals surface area contributed by atoms with E-state index in [9.17, 15) is 0 Å². The SMILES string of the molecule is CNC1CC(C)(C)Cc2nc(Cc3ccncc3)sc21. The number of pyridine rings is 1. The molecule has 0 aliphatic heterocycles. The maximum Gasteiger partial charge on any atom is 0.0975 e. The molecule has 3 rings (SSSR count). The highest BCUT2D eigenvalue weighted by Crippen LogP contribution is 2.43. The first kappa shape index (κ1) is 13.7. The lowest BCUT2D eigenvalue weighted by molar-refractivity contribution is 0.265. The van der Waals surface area contributed by atoms with Crippen LogP contribution in [0.15, 0.2) is 24.5 Å². The summed E-state index contributed by atoms with van der Waals surface area (Å²) in [4.78, 5) is 10.4. The summed E-state index contributed by atoms with van der Waals surface area (Å²) in [7, 11) is 2.05. The third kappa shape index (κ3) is 2.76. The lowest BCUT2D eigenvalue weighted by Crippen LogP contribution is -2.30. The number of aromatic nitrogens is 2. The van der Waals surface area contributed by atoms with E-state index in [-0.39, 0.29) is 0 Å². The van der Waals surface area contributed by atoms with Gasteiger partial charge >= 0.3 is 0 Å². The number of nitrogens with zero attached hydrogens (tertiary/aromatic N) is 2. The van der Waals surface area contributed by atoms with Gasteiger partial charge in [-0.15, -0.1) is 11.3 Å². The van der Waals surface area contributed by atoms with E-state index in [0.29, 0.717) is 11.5 Å². The zero-order chi connectivity index (χ0) is 14.2. The molecule has 3 nitrogen and oxygen atoms in total. The number of rotatable bonds is 3. The molecule has 0 saturated carbocycles. The molecule has 0 aromatic carbocycles. The molecule has 0 bridgehead atoms. The van der Waals surface area contributed by atoms with Crippen LogP contribution in [0.25, 0.3) is 0 Å². The van der Waals surface area contributed by atoms with Crippen LogP contribution in [-0.2, 0) is 12.8 Å². The molecular formula is C16H21N3S. The summed E-state index contributed by atoms with van der Waals surface area (Å²) in [6.07, 6.45) is 6.89. The van der Waals surface area contributed by atoms with Gasteiger partial charge in [-0.2, -0.15) is 0 Å². The number of nitrogens with one attached hydrogen (secondary N) is 1. The fourth-order valence-electron chi connectivity index (χ4n) is 2.97. The monoisotopic (exact) mass is 287 g/mol. The van der Waals surface area contributed by atoms with Crippen LogP contribution in [0.4, 0.5) is 0 Å². The molecule has 1 aliphatic carbocycles. The molecule has 2 aromatic rings. The van der Waals surface area contributed by atoms with Gasteiger partial charge in [0.05, 0.1) is 10.7 Å². The number of hydrogen-bond donors (Lipinski definition) is 1. The Morgan fingerprint density at radius 3 is 2.80 bits per heavy atom. The molecule has 1 aliphatic rings. The van der Waals surface area contributed by atoms with Gasteiger partial charge in [0.25, 0.3) is 0 Å². The molecule has 0 radical (unpaired) electrons. The second-order valence-electron chi connectivity index (χ2n) is 6.34. The molecular weight excluding hydrogens is 266 g/mol. The average molecular weight is 287 g/mol. The number of fused-ring (bicyclic) bond motifs is 1. The van der Waals surface area contributed by atoms with Gasteiger partial charge in [0.1, 0.15) is 0 Å². The van der Waals surface area contributed by atoms with Crippen molar-refractivity contribution in [1.29, 1.82) is 0 Å². The van der Waals surface area contributed by atoms with Crippen molar-refractivity contribution in [2.45, 2.75) is 39.2 Å². The Bertz CT molecular complexity index is 589. The van der Waals surface area contributed by atoms with Gasteiger partial charge in [-0.05, 0) is 43.0 Å². The molecule has 2 heterocycles. The summed E-state index contributed by atoms with van der Waals surface area (Å²) in [6.45, 7) is 4.67. The summed E-state index contributed by atoms with van der Waals surface area (Å²) in [6, 6.07) is 4.59. The van der Waals surface area contributed by atoms with Crippen LogP contribution in [0.5, 0.6) is 0 Å². The van der Waals surface area contributed by atoms with Crippen molar-refractivity contribution >= 4 is 11.3 Å². The average Bonchev–Trinajstić information content (AvgIpc) is 2.79. The highest BCUT2D eigenvalue weighted by Gasteiger charge is 2.34. The van der Waals surface area contributed by atoms with E-state index >= 15 is 0 Å². The fraction of sp³-hybridized carbons (Fsp3) is 0.500. The Morgan fingerprint density at radius 1 is 1.35 bits per heavy atom. The zero-order valence-electron chi connectivity index (χ0n) is 12.3. The van der Waals surface area contributed by atoms with Crippen LogP contribution in [0.2, 0.25) is 0 Å². The van der Waals surface area contributed by atoms with Crippen molar-refractivity contribution in [2.75, 3.05) is 7.05 Å². The Kier molecular flexibility index (Phi) is 3.61. The minimum atomic E-state index is 0.336. The topological polar surface area (TPSA) is 37.8 Å². The van der Waals surface area contributed by atoms with E-state index in [1.807, 2.05) is 23.7 Å². The molecule has 106 valence electrons. The zero-order valence-corrected chi connectivity index (χ0v) is 13.1. The van der Waals surface area contributed by atoms with Gasteiger partial charge in [0.2, 0.25) is 0 Å². The van der Waals surface area contributed by atoms with Gasteiger partial charge < -0.3 is 5.32 Å². The van der Waals surface area contributed by atoms with Crippen molar-refractivity contribution in [3.8, 4) is 0 Å². The largest absolute Gasteiger partial charge is 0.312 e. The molecule has 1 N–H and O–H groups in total. The Morgan fingerprint density at radius 2 is 2.10 bits per heavy atom. The Labute approximate surface area is 124 Å². The van der Waals surface area contributed by atoms with Crippen molar-refractivity contribution in [1.82, 2.24) is 15.3 Å². The van der Waals surface area contributed by atoms with E-state index in [1.54, 1.807) is 0 Å². The third-order valence-corrected chi connectivity index (χ3v) is 5.16. The van der Waals surface area contributed by atoms with E-state index in [0.717, 1.165) is 12.8 Å². The fourth-order valence-corrected chi connectivity index (χ4v) is 4.20. The maximum absolute atomic E-state index is 4.90. The number of hydrogen-bond acceptors (Lipinski definition) is 4. The molecule has 1 atom stereocenters. The van der Waals surface area contributed by atoms with E-state index < -0.39 is 0 Å². The molecule has 0 saturated heterocycles. The first-order valence-corrected chi connectivity index (χ1v) is 7.94. The van der Waals surface area contributed by atoms with Gasteiger partial charge in [0, 0.05) is 29.7 Å². The van der Waals surface area contributed by atoms with E-state index in [4.69, 9.17) is 4.98 Å². The normalized spacial score (nSPS) is 20.6. The minimum Gasteiger partial charge on any atom is -0.312 e. The molecule has 20 heavy (non-hydrogen) atoms. The smallest absolute Gasteiger partial charge is 0.0975 e. The molecule has 0 fully saturated rings. The van der Waals surface area contributed by atoms with Crippen molar-refractivity contribution < 1.29 is 0 Å². The van der Waals surface area contributed by atoms with Crippen LogP contribution in [0.3, 0.4) is 0 Å². The quantitative estimate of drug-likeness (QED) is 0.940. The van der Waals surface area contributed by atoms with Crippen LogP contribution < -0.4 is 5.32 Å². The predicted octanol–water partition coefficient (Wildman–Crippen LogP) is 3.36. The van der Waals surface area contributed by atoms with Crippen LogP contribution in [-0.4, -0.2) is 17.0 Å². The molecule has 0 amide bonds. The second kappa shape index (κ2) is 5.26. The first-order chi connectivity index (χ1) is 9.57. The molecule has 4 heteroatoms. The van der Waals surface area contributed by atoms with E-state index in [1.165, 1.54) is 27.6 Å². The van der Waals surface area contributed by atoms with Crippen LogP contribution in [0, 0.1) is 5.41 Å². The van der Waals surface area contributed by atoms with Crippen LogP contribution >= 0.6 is 11.3 Å². The third-order valence-electron chi connectivity index (χ3n) is 3.94. The van der Waals surface area contributed by atoms with Crippen LogP contribution in [0.1, 0.15) is 47.5 Å². The highest BCUT2D eigenvalue weighted by atomic mass is 32.1. The maximum atomic E-state index is 4.90. The highest BCUT2D eigenvalue weighted by molar-refractivity contribution is 7.11. The summed E-state index contributed by atoms with van der Waals surface area (Å²) < 4.78 is 0. The van der Waals surface area contributed by atoms with Crippen molar-refractivity contribution in [3.05, 3.63) is 45.7 Å². The van der Waals surface area contributed by atoms with Gasteiger partial charge in [-0.3, -0.25) is 4.98 Å². The molecule has 2 aromatic heterocycles. The van der Waals surface area contributed by atoms with Gasteiger partial charge in [-0.25, -0.2) is 4.98 Å². The van der Waals surface area contributed by atoms with E-state index in [2.05, 4.69) is 43.3 Å². The molecule has 1 unspecified atom stereocenters. The standard InChI is InChI=1S/C16H21N3S/c1-16(2)9-12(17-3)15-13(10-16)19-14(20-15)8-11-4-6-18-7-5-11/h4-7,12,17H,8-10H2,1-3H3.